The van der Waals surface area contributed by atoms with Crippen molar-refractivity contribution in [3.63, 3.8) is 0 Å². The molecule has 6 nitrogen and oxygen atoms in total. The van der Waals surface area contributed by atoms with E-state index in [1.54, 1.807) is 12.1 Å². The van der Waals surface area contributed by atoms with Crippen molar-refractivity contribution in [3.8, 4) is 0 Å². The smallest absolute Gasteiger partial charge is 0.269 e. The number of amides is 1. The molecule has 0 aliphatic rings. The van der Waals surface area contributed by atoms with Crippen molar-refractivity contribution in [2.45, 2.75) is 25.2 Å². The van der Waals surface area contributed by atoms with E-state index in [2.05, 4.69) is 19.2 Å². The molecule has 1 aromatic carbocycles. The van der Waals surface area contributed by atoms with E-state index in [9.17, 15) is 14.9 Å². The van der Waals surface area contributed by atoms with Crippen LogP contribution in [0.2, 0.25) is 0 Å². The first-order valence-corrected chi connectivity index (χ1v) is 8.19. The molecule has 1 aromatic rings. The Morgan fingerprint density at radius 1 is 1.36 bits per heavy atom. The number of hydrogen-bond acceptors (Lipinski definition) is 5. The molecule has 0 bridgehead atoms. The highest BCUT2D eigenvalue weighted by molar-refractivity contribution is 8.00. The molecule has 0 unspecified atom stereocenters. The van der Waals surface area contributed by atoms with Crippen LogP contribution in [-0.2, 0) is 9.53 Å². The fourth-order valence-corrected chi connectivity index (χ4v) is 2.31. The molecule has 0 aliphatic heterocycles. The van der Waals surface area contributed by atoms with Gasteiger partial charge in [0.05, 0.1) is 10.7 Å². The number of nitro benzene ring substituents is 1. The monoisotopic (exact) mass is 326 g/mol. The first-order chi connectivity index (χ1) is 10.5. The predicted octanol–water partition coefficient (Wildman–Crippen LogP) is 2.87. The van der Waals surface area contributed by atoms with Crippen LogP contribution in [0.3, 0.4) is 0 Å². The van der Waals surface area contributed by atoms with E-state index in [1.165, 1.54) is 23.9 Å². The number of ether oxygens (including phenoxy) is 1. The summed E-state index contributed by atoms with van der Waals surface area (Å²) < 4.78 is 5.43. The van der Waals surface area contributed by atoms with Crippen LogP contribution in [0, 0.1) is 16.0 Å². The predicted molar refractivity (Wildman–Crippen MR) is 87.1 cm³/mol. The van der Waals surface area contributed by atoms with Crippen molar-refractivity contribution < 1.29 is 14.5 Å². The molecule has 1 N–H and O–H groups in total. The molecule has 0 aromatic heterocycles. The standard InChI is InChI=1S/C15H22N2O4S/c1-12(2)10-21-9-3-8-16-15(18)11-22-14-6-4-13(5-7-14)17(19)20/h4-7,12H,3,8-11H2,1-2H3,(H,16,18). The van der Waals surface area contributed by atoms with Gasteiger partial charge in [0.25, 0.3) is 5.69 Å². The highest BCUT2D eigenvalue weighted by atomic mass is 32.2. The lowest BCUT2D eigenvalue weighted by Crippen LogP contribution is -2.27. The number of carbonyl (C=O) groups excluding carboxylic acids is 1. The molecule has 0 saturated heterocycles. The first-order valence-electron chi connectivity index (χ1n) is 7.20. The molecular formula is C15H22N2O4S. The van der Waals surface area contributed by atoms with Gasteiger partial charge < -0.3 is 10.1 Å². The maximum absolute atomic E-state index is 11.7. The fourth-order valence-electron chi connectivity index (χ4n) is 1.59. The van der Waals surface area contributed by atoms with Gasteiger partial charge in [-0.2, -0.15) is 0 Å². The summed E-state index contributed by atoms with van der Waals surface area (Å²) in [6.07, 6.45) is 0.792. The second-order valence-electron chi connectivity index (χ2n) is 5.21. The first kappa shape index (κ1) is 18.4. The Balaban J connectivity index is 2.14. The topological polar surface area (TPSA) is 81.5 Å². The normalized spacial score (nSPS) is 10.7. The summed E-state index contributed by atoms with van der Waals surface area (Å²) in [6.45, 7) is 6.17. The summed E-state index contributed by atoms with van der Waals surface area (Å²) in [7, 11) is 0. The number of rotatable bonds is 10. The fraction of sp³-hybridized carbons (Fsp3) is 0.533. The maximum Gasteiger partial charge on any atom is 0.269 e. The van der Waals surface area contributed by atoms with Crippen LogP contribution in [0.15, 0.2) is 29.2 Å². The van der Waals surface area contributed by atoms with E-state index in [0.29, 0.717) is 24.8 Å². The van der Waals surface area contributed by atoms with Crippen LogP contribution < -0.4 is 5.32 Å². The molecule has 0 atom stereocenters. The van der Waals surface area contributed by atoms with Crippen molar-refractivity contribution in [3.05, 3.63) is 34.4 Å². The molecular weight excluding hydrogens is 304 g/mol. The second-order valence-corrected chi connectivity index (χ2v) is 6.26. The third kappa shape index (κ3) is 7.99. The van der Waals surface area contributed by atoms with E-state index in [1.807, 2.05) is 0 Å². The van der Waals surface area contributed by atoms with Crippen molar-refractivity contribution in [1.29, 1.82) is 0 Å². The van der Waals surface area contributed by atoms with E-state index in [0.717, 1.165) is 17.9 Å². The second kappa shape index (κ2) is 10.2. The summed E-state index contributed by atoms with van der Waals surface area (Å²) in [5.41, 5.74) is 0.0511. The Morgan fingerprint density at radius 2 is 2.05 bits per heavy atom. The molecule has 122 valence electrons. The summed E-state index contributed by atoms with van der Waals surface area (Å²) in [6, 6.07) is 6.17. The minimum Gasteiger partial charge on any atom is -0.381 e. The number of benzene rings is 1. The van der Waals surface area contributed by atoms with Gasteiger partial charge in [0.2, 0.25) is 5.91 Å². The molecule has 0 radical (unpaired) electrons. The van der Waals surface area contributed by atoms with Gasteiger partial charge in [-0.05, 0) is 24.5 Å². The van der Waals surface area contributed by atoms with Crippen molar-refractivity contribution in [2.24, 2.45) is 5.92 Å². The average molecular weight is 326 g/mol. The van der Waals surface area contributed by atoms with Crippen LogP contribution in [0.1, 0.15) is 20.3 Å². The Labute approximate surface area is 134 Å². The quantitative estimate of drug-likeness (QED) is 0.309. The van der Waals surface area contributed by atoms with Gasteiger partial charge in [-0.15, -0.1) is 11.8 Å². The van der Waals surface area contributed by atoms with Gasteiger partial charge in [-0.1, -0.05) is 13.8 Å². The van der Waals surface area contributed by atoms with Gasteiger partial charge in [0.1, 0.15) is 0 Å². The molecule has 0 aliphatic carbocycles. The van der Waals surface area contributed by atoms with Crippen LogP contribution in [0.25, 0.3) is 0 Å². The molecule has 0 fully saturated rings. The van der Waals surface area contributed by atoms with Gasteiger partial charge in [0.15, 0.2) is 0 Å². The van der Waals surface area contributed by atoms with Crippen LogP contribution in [0.5, 0.6) is 0 Å². The van der Waals surface area contributed by atoms with Crippen LogP contribution in [0.4, 0.5) is 5.69 Å². The van der Waals surface area contributed by atoms with Gasteiger partial charge in [-0.3, -0.25) is 14.9 Å². The van der Waals surface area contributed by atoms with Crippen molar-refractivity contribution in [2.75, 3.05) is 25.5 Å². The van der Waals surface area contributed by atoms with Crippen molar-refractivity contribution >= 4 is 23.4 Å². The highest BCUT2D eigenvalue weighted by Gasteiger charge is 2.06. The van der Waals surface area contributed by atoms with Crippen LogP contribution >= 0.6 is 11.8 Å². The Kier molecular flexibility index (Phi) is 8.54. The Bertz CT molecular complexity index is 477. The maximum atomic E-state index is 11.7. The SMILES string of the molecule is CC(C)COCCCNC(=O)CSc1ccc([N+](=O)[O-])cc1. The molecule has 22 heavy (non-hydrogen) atoms. The third-order valence-corrected chi connectivity index (χ3v) is 3.67. The molecule has 0 heterocycles. The minimum absolute atomic E-state index is 0.0489. The number of thioether (sulfide) groups is 1. The lowest BCUT2D eigenvalue weighted by Gasteiger charge is -2.07. The molecule has 1 rings (SSSR count). The number of nitrogens with one attached hydrogen (secondary N) is 1. The molecule has 7 heteroatoms. The Morgan fingerprint density at radius 3 is 2.64 bits per heavy atom. The van der Waals surface area contributed by atoms with Crippen LogP contribution in [-0.4, -0.2) is 36.3 Å². The zero-order chi connectivity index (χ0) is 16.4. The summed E-state index contributed by atoms with van der Waals surface area (Å²) in [5.74, 6) is 0.768. The zero-order valence-electron chi connectivity index (χ0n) is 12.9. The van der Waals surface area contributed by atoms with Gasteiger partial charge in [0, 0.05) is 36.8 Å². The highest BCUT2D eigenvalue weighted by Crippen LogP contribution is 2.20. The number of nitro groups is 1. The number of nitrogens with zero attached hydrogens (tertiary/aromatic N) is 1. The zero-order valence-corrected chi connectivity index (χ0v) is 13.7. The molecule has 0 saturated carbocycles. The molecule has 0 spiro atoms. The van der Waals surface area contributed by atoms with Gasteiger partial charge >= 0.3 is 0 Å². The number of carbonyl (C=O) groups is 1. The minimum atomic E-state index is -0.442. The van der Waals surface area contributed by atoms with E-state index >= 15 is 0 Å². The summed E-state index contributed by atoms with van der Waals surface area (Å²) >= 11 is 1.36. The van der Waals surface area contributed by atoms with E-state index in [-0.39, 0.29) is 11.6 Å². The molecule has 1 amide bonds. The lowest BCUT2D eigenvalue weighted by molar-refractivity contribution is -0.384. The van der Waals surface area contributed by atoms with E-state index in [4.69, 9.17) is 4.74 Å². The van der Waals surface area contributed by atoms with Crippen molar-refractivity contribution in [1.82, 2.24) is 5.32 Å². The summed E-state index contributed by atoms with van der Waals surface area (Å²) in [4.78, 5) is 22.6. The Hall–Kier alpha value is -1.60. The number of non-ortho nitro benzene ring substituents is 1. The lowest BCUT2D eigenvalue weighted by atomic mass is 10.2. The average Bonchev–Trinajstić information content (AvgIpc) is 2.48. The third-order valence-electron chi connectivity index (χ3n) is 2.66. The number of hydrogen-bond donors (Lipinski definition) is 1. The van der Waals surface area contributed by atoms with E-state index < -0.39 is 4.92 Å². The summed E-state index contributed by atoms with van der Waals surface area (Å²) in [5, 5.41) is 13.4. The van der Waals surface area contributed by atoms with Gasteiger partial charge in [-0.25, -0.2) is 0 Å². The largest absolute Gasteiger partial charge is 0.381 e.